The van der Waals surface area contributed by atoms with Crippen LogP contribution in [0, 0.1) is 5.41 Å². The summed E-state index contributed by atoms with van der Waals surface area (Å²) in [5, 5.41) is 23.1. The normalized spacial score (nSPS) is 25.7. The summed E-state index contributed by atoms with van der Waals surface area (Å²) >= 11 is 0. The van der Waals surface area contributed by atoms with Gasteiger partial charge >= 0.3 is 0 Å². The molecule has 2 nitrogen and oxygen atoms in total. The zero-order chi connectivity index (χ0) is 15.4. The molecule has 0 atom stereocenters. The summed E-state index contributed by atoms with van der Waals surface area (Å²) in [4.78, 5) is 0. The van der Waals surface area contributed by atoms with E-state index in [4.69, 9.17) is 0 Å². The highest BCUT2D eigenvalue weighted by molar-refractivity contribution is 5.11. The Hall–Kier alpha value is -0.0800. The van der Waals surface area contributed by atoms with E-state index in [1.54, 1.807) is 0 Å². The molecule has 0 saturated heterocycles. The molecule has 0 aromatic heterocycles. The van der Waals surface area contributed by atoms with Gasteiger partial charge in [-0.15, -0.1) is 0 Å². The smallest absolute Gasteiger partial charge is 0.0731 e. The van der Waals surface area contributed by atoms with Crippen LogP contribution in [-0.4, -0.2) is 21.4 Å². The molecule has 0 aliphatic heterocycles. The van der Waals surface area contributed by atoms with Crippen LogP contribution in [0.4, 0.5) is 0 Å². The fourth-order valence-corrected chi connectivity index (χ4v) is 5.44. The molecule has 2 heteroatoms. The summed E-state index contributed by atoms with van der Waals surface area (Å²) in [7, 11) is 0. The molecule has 0 heterocycles. The van der Waals surface area contributed by atoms with Crippen LogP contribution in [0.5, 0.6) is 0 Å². The summed E-state index contributed by atoms with van der Waals surface area (Å²) in [6.07, 6.45) is 14.8. The van der Waals surface area contributed by atoms with E-state index in [0.29, 0.717) is 0 Å². The quantitative estimate of drug-likeness (QED) is 0.727. The lowest BCUT2D eigenvalue weighted by atomic mass is 9.51. The van der Waals surface area contributed by atoms with Crippen LogP contribution in [0.25, 0.3) is 0 Å². The molecule has 0 bridgehead atoms. The van der Waals surface area contributed by atoms with Crippen molar-refractivity contribution in [3.8, 4) is 0 Å². The van der Waals surface area contributed by atoms with Crippen molar-refractivity contribution in [2.75, 3.05) is 0 Å². The molecule has 2 aliphatic carbocycles. The molecule has 0 spiro atoms. The van der Waals surface area contributed by atoms with Gasteiger partial charge in [-0.1, -0.05) is 65.2 Å². The van der Waals surface area contributed by atoms with Gasteiger partial charge in [0.25, 0.3) is 0 Å². The summed E-state index contributed by atoms with van der Waals surface area (Å²) in [5.41, 5.74) is -1.56. The fraction of sp³-hybridized carbons (Fsp3) is 1.00. The molecule has 2 saturated carbocycles. The maximum atomic E-state index is 11.6. The van der Waals surface area contributed by atoms with Crippen molar-refractivity contribution in [3.05, 3.63) is 0 Å². The second-order valence-corrected chi connectivity index (χ2v) is 7.72. The van der Waals surface area contributed by atoms with E-state index >= 15 is 0 Å². The molecular weight excluding hydrogens is 260 g/mol. The highest BCUT2D eigenvalue weighted by Gasteiger charge is 2.59. The number of hydrogen-bond donors (Lipinski definition) is 2. The lowest BCUT2D eigenvalue weighted by Crippen LogP contribution is -2.63. The van der Waals surface area contributed by atoms with Gasteiger partial charge in [-0.2, -0.15) is 0 Å². The van der Waals surface area contributed by atoms with Crippen LogP contribution in [0.2, 0.25) is 0 Å². The van der Waals surface area contributed by atoms with E-state index in [9.17, 15) is 10.2 Å². The van der Waals surface area contributed by atoms with E-state index in [2.05, 4.69) is 13.8 Å². The van der Waals surface area contributed by atoms with Crippen molar-refractivity contribution in [2.24, 2.45) is 5.41 Å². The van der Waals surface area contributed by atoms with Gasteiger partial charge in [-0.05, 0) is 38.5 Å². The molecule has 124 valence electrons. The van der Waals surface area contributed by atoms with Gasteiger partial charge in [0.15, 0.2) is 0 Å². The van der Waals surface area contributed by atoms with Crippen molar-refractivity contribution in [1.82, 2.24) is 0 Å². The van der Waals surface area contributed by atoms with Crippen molar-refractivity contribution in [3.63, 3.8) is 0 Å². The van der Waals surface area contributed by atoms with Gasteiger partial charge < -0.3 is 10.2 Å². The van der Waals surface area contributed by atoms with Crippen LogP contribution in [0.1, 0.15) is 104 Å². The van der Waals surface area contributed by atoms with Crippen LogP contribution in [0.15, 0.2) is 0 Å². The van der Waals surface area contributed by atoms with Gasteiger partial charge in [-0.3, -0.25) is 0 Å². The predicted molar refractivity (Wildman–Crippen MR) is 88.3 cm³/mol. The summed E-state index contributed by atoms with van der Waals surface area (Å²) in [5.74, 6) is 0. The first kappa shape index (κ1) is 17.3. The summed E-state index contributed by atoms with van der Waals surface area (Å²) < 4.78 is 0. The van der Waals surface area contributed by atoms with Crippen LogP contribution >= 0.6 is 0 Å². The molecule has 0 amide bonds. The van der Waals surface area contributed by atoms with E-state index in [1.165, 1.54) is 12.8 Å². The lowest BCUT2D eigenvalue weighted by molar-refractivity contribution is -0.226. The Morgan fingerprint density at radius 2 is 1.19 bits per heavy atom. The lowest BCUT2D eigenvalue weighted by Gasteiger charge is -2.59. The predicted octanol–water partition coefficient (Wildman–Crippen LogP) is 4.96. The molecule has 2 aliphatic rings. The number of hydrogen-bond acceptors (Lipinski definition) is 2. The second-order valence-electron chi connectivity index (χ2n) is 7.72. The largest absolute Gasteiger partial charge is 0.389 e. The Labute approximate surface area is 131 Å². The minimum absolute atomic E-state index is 0.281. The Kier molecular flexibility index (Phi) is 5.76. The standard InChI is InChI=1S/C19H36O2/c1-3-5-12-17(4-2,18(20)13-8-6-9-14-18)19(21)15-10-7-11-16-19/h20-21H,3-16H2,1-2H3. The number of aliphatic hydroxyl groups is 2. The first-order valence-corrected chi connectivity index (χ1v) is 9.48. The first-order chi connectivity index (χ1) is 10.0. The van der Waals surface area contributed by atoms with Gasteiger partial charge in [0.2, 0.25) is 0 Å². The maximum Gasteiger partial charge on any atom is 0.0731 e. The highest BCUT2D eigenvalue weighted by Crippen LogP contribution is 2.58. The number of unbranched alkanes of at least 4 members (excludes halogenated alkanes) is 1. The fourth-order valence-electron chi connectivity index (χ4n) is 5.44. The Balaban J connectivity index is 2.35. The van der Waals surface area contributed by atoms with Gasteiger partial charge in [0.05, 0.1) is 11.2 Å². The van der Waals surface area contributed by atoms with Crippen LogP contribution < -0.4 is 0 Å². The molecule has 2 N–H and O–H groups in total. The van der Waals surface area contributed by atoms with Gasteiger partial charge in [0.1, 0.15) is 0 Å². The third-order valence-electron chi connectivity index (χ3n) is 6.70. The van der Waals surface area contributed by atoms with Crippen molar-refractivity contribution < 1.29 is 10.2 Å². The topological polar surface area (TPSA) is 40.5 Å². The monoisotopic (exact) mass is 296 g/mol. The Morgan fingerprint density at radius 1 is 0.762 bits per heavy atom. The molecule has 0 aromatic carbocycles. The first-order valence-electron chi connectivity index (χ1n) is 9.48. The zero-order valence-corrected chi connectivity index (χ0v) is 14.3. The van der Waals surface area contributed by atoms with E-state index in [1.807, 2.05) is 0 Å². The van der Waals surface area contributed by atoms with E-state index in [0.717, 1.165) is 77.0 Å². The maximum absolute atomic E-state index is 11.6. The molecule has 0 aromatic rings. The third-order valence-corrected chi connectivity index (χ3v) is 6.70. The van der Waals surface area contributed by atoms with Gasteiger partial charge in [-0.25, -0.2) is 0 Å². The third kappa shape index (κ3) is 3.03. The average molecular weight is 296 g/mol. The highest BCUT2D eigenvalue weighted by atomic mass is 16.3. The molecule has 0 unspecified atom stereocenters. The molecule has 2 fully saturated rings. The van der Waals surface area contributed by atoms with E-state index in [-0.39, 0.29) is 5.41 Å². The summed E-state index contributed by atoms with van der Waals surface area (Å²) in [6.45, 7) is 4.42. The Morgan fingerprint density at radius 3 is 1.52 bits per heavy atom. The minimum Gasteiger partial charge on any atom is -0.389 e. The van der Waals surface area contributed by atoms with Gasteiger partial charge in [0, 0.05) is 5.41 Å². The summed E-state index contributed by atoms with van der Waals surface area (Å²) in [6, 6.07) is 0. The van der Waals surface area contributed by atoms with Crippen molar-refractivity contribution in [2.45, 2.75) is 115 Å². The number of rotatable bonds is 6. The SMILES string of the molecule is CCCCC(CC)(C1(O)CCCCC1)C1(O)CCCCC1. The van der Waals surface area contributed by atoms with Crippen molar-refractivity contribution >= 4 is 0 Å². The second kappa shape index (κ2) is 7.00. The Bertz CT molecular complexity index is 288. The van der Waals surface area contributed by atoms with Crippen LogP contribution in [-0.2, 0) is 0 Å². The molecule has 21 heavy (non-hydrogen) atoms. The van der Waals surface area contributed by atoms with Crippen molar-refractivity contribution in [1.29, 1.82) is 0 Å². The zero-order valence-electron chi connectivity index (χ0n) is 14.3. The molecular formula is C19H36O2. The van der Waals surface area contributed by atoms with E-state index < -0.39 is 11.2 Å². The average Bonchev–Trinajstić information content (AvgIpc) is 2.49. The van der Waals surface area contributed by atoms with Crippen LogP contribution in [0.3, 0.4) is 0 Å². The minimum atomic E-state index is -0.638. The molecule has 0 radical (unpaired) electrons. The molecule has 2 rings (SSSR count).